The predicted molar refractivity (Wildman–Crippen MR) is 77.6 cm³/mol. The van der Waals surface area contributed by atoms with Gasteiger partial charge in [0.05, 0.1) is 5.39 Å². The van der Waals surface area contributed by atoms with Crippen molar-refractivity contribution in [2.24, 2.45) is 0 Å². The van der Waals surface area contributed by atoms with E-state index in [0.717, 1.165) is 15.8 Å². The normalized spacial score (nSPS) is 10.8. The maximum atomic E-state index is 5.93. The molecule has 0 aliphatic carbocycles. The first-order valence-corrected chi connectivity index (χ1v) is 6.86. The summed E-state index contributed by atoms with van der Waals surface area (Å²) in [6.45, 7) is 0.391. The molecule has 19 heavy (non-hydrogen) atoms. The molecule has 0 radical (unpaired) electrons. The SMILES string of the molecule is Nc1nc(OCc2cccc(Cl)c2)c2ccsc2n1. The molecule has 3 rings (SSSR count). The number of halogens is 1. The van der Waals surface area contributed by atoms with E-state index in [1.54, 1.807) is 0 Å². The fraction of sp³-hybridized carbons (Fsp3) is 0.0769. The molecular formula is C13H10ClN3OS. The lowest BCUT2D eigenvalue weighted by Gasteiger charge is -2.07. The Bertz CT molecular complexity index is 729. The lowest BCUT2D eigenvalue weighted by atomic mass is 10.2. The third-order valence-electron chi connectivity index (χ3n) is 2.57. The van der Waals surface area contributed by atoms with Crippen LogP contribution in [0.5, 0.6) is 5.88 Å². The van der Waals surface area contributed by atoms with E-state index in [-0.39, 0.29) is 5.95 Å². The van der Waals surface area contributed by atoms with Crippen LogP contribution in [0.3, 0.4) is 0 Å². The number of hydrogen-bond acceptors (Lipinski definition) is 5. The van der Waals surface area contributed by atoms with Crippen molar-refractivity contribution in [3.05, 3.63) is 46.3 Å². The van der Waals surface area contributed by atoms with Gasteiger partial charge in [-0.1, -0.05) is 23.7 Å². The van der Waals surface area contributed by atoms with Crippen LogP contribution in [0.1, 0.15) is 5.56 Å². The number of rotatable bonds is 3. The van der Waals surface area contributed by atoms with E-state index in [4.69, 9.17) is 22.1 Å². The van der Waals surface area contributed by atoms with Gasteiger partial charge in [-0.25, -0.2) is 4.98 Å². The molecule has 6 heteroatoms. The van der Waals surface area contributed by atoms with Gasteiger partial charge in [-0.15, -0.1) is 11.3 Å². The Balaban J connectivity index is 1.87. The molecule has 3 aromatic rings. The molecule has 4 nitrogen and oxygen atoms in total. The largest absolute Gasteiger partial charge is 0.472 e. The maximum Gasteiger partial charge on any atom is 0.227 e. The van der Waals surface area contributed by atoms with Crippen molar-refractivity contribution in [1.82, 2.24) is 9.97 Å². The Kier molecular flexibility index (Phi) is 3.23. The predicted octanol–water partition coefficient (Wildman–Crippen LogP) is 3.51. The second kappa shape index (κ2) is 5.03. The molecule has 2 aromatic heterocycles. The highest BCUT2D eigenvalue weighted by Crippen LogP contribution is 2.28. The first-order chi connectivity index (χ1) is 9.22. The second-order valence-corrected chi connectivity index (χ2v) is 5.28. The quantitative estimate of drug-likeness (QED) is 0.802. The summed E-state index contributed by atoms with van der Waals surface area (Å²) in [4.78, 5) is 9.11. The minimum absolute atomic E-state index is 0.219. The van der Waals surface area contributed by atoms with Crippen molar-refractivity contribution in [2.75, 3.05) is 5.73 Å². The maximum absolute atomic E-state index is 5.93. The minimum atomic E-state index is 0.219. The van der Waals surface area contributed by atoms with Crippen molar-refractivity contribution in [3.63, 3.8) is 0 Å². The number of nitrogen functional groups attached to an aromatic ring is 1. The van der Waals surface area contributed by atoms with Gasteiger partial charge >= 0.3 is 0 Å². The number of anilines is 1. The van der Waals surface area contributed by atoms with E-state index in [9.17, 15) is 0 Å². The van der Waals surface area contributed by atoms with Gasteiger partial charge in [-0.2, -0.15) is 4.98 Å². The Labute approximate surface area is 118 Å². The summed E-state index contributed by atoms with van der Waals surface area (Å²) in [7, 11) is 0. The highest BCUT2D eigenvalue weighted by Gasteiger charge is 2.08. The fourth-order valence-corrected chi connectivity index (χ4v) is 2.71. The number of benzene rings is 1. The molecule has 1 aromatic carbocycles. The van der Waals surface area contributed by atoms with Crippen molar-refractivity contribution in [3.8, 4) is 5.88 Å². The van der Waals surface area contributed by atoms with E-state index in [1.807, 2.05) is 35.7 Å². The smallest absolute Gasteiger partial charge is 0.227 e. The minimum Gasteiger partial charge on any atom is -0.472 e. The van der Waals surface area contributed by atoms with Gasteiger partial charge < -0.3 is 10.5 Å². The van der Waals surface area contributed by atoms with Gasteiger partial charge in [-0.05, 0) is 29.1 Å². The highest BCUT2D eigenvalue weighted by atomic mass is 35.5. The molecule has 0 fully saturated rings. The molecule has 0 saturated carbocycles. The number of fused-ring (bicyclic) bond motifs is 1. The molecular weight excluding hydrogens is 282 g/mol. The second-order valence-electron chi connectivity index (χ2n) is 3.94. The summed E-state index contributed by atoms with van der Waals surface area (Å²) in [5, 5.41) is 3.50. The number of aromatic nitrogens is 2. The van der Waals surface area contributed by atoms with E-state index in [0.29, 0.717) is 17.5 Å². The van der Waals surface area contributed by atoms with Gasteiger partial charge in [-0.3, -0.25) is 0 Å². The Morgan fingerprint density at radius 2 is 2.16 bits per heavy atom. The van der Waals surface area contributed by atoms with Gasteiger partial charge in [0.2, 0.25) is 11.8 Å². The zero-order valence-corrected chi connectivity index (χ0v) is 11.4. The molecule has 0 aliphatic rings. The van der Waals surface area contributed by atoms with Crippen molar-refractivity contribution in [2.45, 2.75) is 6.61 Å². The van der Waals surface area contributed by atoms with Gasteiger partial charge in [0, 0.05) is 5.02 Å². The number of ether oxygens (including phenoxy) is 1. The summed E-state index contributed by atoms with van der Waals surface area (Å²) < 4.78 is 5.72. The first-order valence-electron chi connectivity index (χ1n) is 5.60. The van der Waals surface area contributed by atoms with Crippen LogP contribution in [0.25, 0.3) is 10.2 Å². The highest BCUT2D eigenvalue weighted by molar-refractivity contribution is 7.16. The van der Waals surface area contributed by atoms with Crippen LogP contribution in [-0.4, -0.2) is 9.97 Å². The Morgan fingerprint density at radius 1 is 1.26 bits per heavy atom. The molecule has 0 unspecified atom stereocenters. The standard InChI is InChI=1S/C13H10ClN3OS/c14-9-3-1-2-8(6-9)7-18-11-10-4-5-19-12(10)17-13(15)16-11/h1-6H,7H2,(H2,15,16,17). The van der Waals surface area contributed by atoms with Crippen LogP contribution in [0.4, 0.5) is 5.95 Å². The van der Waals surface area contributed by atoms with Crippen molar-refractivity contribution >= 4 is 39.1 Å². The summed E-state index contributed by atoms with van der Waals surface area (Å²) in [6.07, 6.45) is 0. The average molecular weight is 292 g/mol. The van der Waals surface area contributed by atoms with Crippen LogP contribution in [0, 0.1) is 0 Å². The summed E-state index contributed by atoms with van der Waals surface area (Å²) in [5.74, 6) is 0.722. The van der Waals surface area contributed by atoms with E-state index < -0.39 is 0 Å². The molecule has 0 saturated heterocycles. The topological polar surface area (TPSA) is 61.0 Å². The van der Waals surface area contributed by atoms with Crippen LogP contribution < -0.4 is 10.5 Å². The molecule has 2 N–H and O–H groups in total. The van der Waals surface area contributed by atoms with Crippen molar-refractivity contribution in [1.29, 1.82) is 0 Å². The number of hydrogen-bond donors (Lipinski definition) is 1. The third kappa shape index (κ3) is 2.62. The van der Waals surface area contributed by atoms with E-state index >= 15 is 0 Å². The molecule has 0 bridgehead atoms. The molecule has 0 spiro atoms. The molecule has 96 valence electrons. The first kappa shape index (κ1) is 12.2. The van der Waals surface area contributed by atoms with Crippen LogP contribution >= 0.6 is 22.9 Å². The summed E-state index contributed by atoms with van der Waals surface area (Å²) >= 11 is 7.44. The molecule has 0 atom stereocenters. The molecule has 0 aliphatic heterocycles. The number of nitrogens with zero attached hydrogens (tertiary/aromatic N) is 2. The summed E-state index contributed by atoms with van der Waals surface area (Å²) in [5.41, 5.74) is 6.64. The number of thiophene rings is 1. The summed E-state index contributed by atoms with van der Waals surface area (Å²) in [6, 6.07) is 9.44. The lowest BCUT2D eigenvalue weighted by molar-refractivity contribution is 0.298. The van der Waals surface area contributed by atoms with E-state index in [2.05, 4.69) is 9.97 Å². The average Bonchev–Trinajstić information content (AvgIpc) is 2.84. The zero-order chi connectivity index (χ0) is 13.2. The monoisotopic (exact) mass is 291 g/mol. The Hall–Kier alpha value is -1.85. The molecule has 2 heterocycles. The van der Waals surface area contributed by atoms with Gasteiger partial charge in [0.15, 0.2) is 0 Å². The van der Waals surface area contributed by atoms with E-state index in [1.165, 1.54) is 11.3 Å². The van der Waals surface area contributed by atoms with Gasteiger partial charge in [0.25, 0.3) is 0 Å². The zero-order valence-electron chi connectivity index (χ0n) is 9.84. The van der Waals surface area contributed by atoms with Crippen LogP contribution in [0.2, 0.25) is 5.02 Å². The van der Waals surface area contributed by atoms with Crippen molar-refractivity contribution < 1.29 is 4.74 Å². The fourth-order valence-electron chi connectivity index (χ4n) is 1.73. The van der Waals surface area contributed by atoms with Crippen LogP contribution in [-0.2, 0) is 6.61 Å². The number of nitrogens with two attached hydrogens (primary N) is 1. The Morgan fingerprint density at radius 3 is 3.00 bits per heavy atom. The van der Waals surface area contributed by atoms with Crippen LogP contribution in [0.15, 0.2) is 35.7 Å². The third-order valence-corrected chi connectivity index (χ3v) is 3.61. The molecule has 0 amide bonds. The lowest BCUT2D eigenvalue weighted by Crippen LogP contribution is -2.01. The van der Waals surface area contributed by atoms with Gasteiger partial charge in [0.1, 0.15) is 11.4 Å².